The molecule has 1 heterocycles. The van der Waals surface area contributed by atoms with Crippen molar-refractivity contribution in [2.75, 3.05) is 13.1 Å². The number of rotatable bonds is 6. The van der Waals surface area contributed by atoms with Gasteiger partial charge in [0.25, 0.3) is 0 Å². The molecule has 0 radical (unpaired) electrons. The van der Waals surface area contributed by atoms with E-state index in [1.165, 1.54) is 42.6 Å². The Bertz CT molecular complexity index is 527. The van der Waals surface area contributed by atoms with Crippen molar-refractivity contribution in [1.29, 1.82) is 0 Å². The van der Waals surface area contributed by atoms with Crippen LogP contribution < -0.4 is 5.32 Å². The van der Waals surface area contributed by atoms with E-state index in [1.54, 1.807) is 0 Å². The summed E-state index contributed by atoms with van der Waals surface area (Å²) in [5.41, 5.74) is 4.13. The number of benzene rings is 2. The zero-order chi connectivity index (χ0) is 14.3. The summed E-state index contributed by atoms with van der Waals surface area (Å²) in [7, 11) is 0. The van der Waals surface area contributed by atoms with Crippen LogP contribution in [0, 0.1) is 0 Å². The molecule has 0 bridgehead atoms. The summed E-state index contributed by atoms with van der Waals surface area (Å²) in [6.45, 7) is 5.49. The number of nitrogens with one attached hydrogen (secondary N) is 1. The van der Waals surface area contributed by atoms with E-state index < -0.39 is 0 Å². The highest BCUT2D eigenvalue weighted by Gasteiger charge is 2.11. The summed E-state index contributed by atoms with van der Waals surface area (Å²) in [5.74, 6) is 0. The van der Waals surface area contributed by atoms with Gasteiger partial charge in [0.15, 0.2) is 0 Å². The van der Waals surface area contributed by atoms with Gasteiger partial charge in [-0.1, -0.05) is 54.6 Å². The molecule has 1 fully saturated rings. The van der Waals surface area contributed by atoms with E-state index in [-0.39, 0.29) is 0 Å². The summed E-state index contributed by atoms with van der Waals surface area (Å²) < 4.78 is 0. The van der Waals surface area contributed by atoms with Gasteiger partial charge in [0, 0.05) is 19.6 Å². The smallest absolute Gasteiger partial charge is 0.0233 e. The fourth-order valence-electron chi connectivity index (χ4n) is 2.91. The van der Waals surface area contributed by atoms with Gasteiger partial charge in [-0.2, -0.15) is 0 Å². The minimum Gasteiger partial charge on any atom is -0.309 e. The average molecular weight is 280 g/mol. The van der Waals surface area contributed by atoms with Crippen LogP contribution in [0.1, 0.15) is 29.5 Å². The van der Waals surface area contributed by atoms with Crippen molar-refractivity contribution in [1.82, 2.24) is 10.2 Å². The molecular weight excluding hydrogens is 256 g/mol. The highest BCUT2D eigenvalue weighted by Crippen LogP contribution is 2.13. The minimum atomic E-state index is 0.927. The summed E-state index contributed by atoms with van der Waals surface area (Å²) >= 11 is 0. The summed E-state index contributed by atoms with van der Waals surface area (Å²) in [6, 6.07) is 19.6. The number of nitrogens with zero attached hydrogens (tertiary/aromatic N) is 1. The molecule has 0 spiro atoms. The molecule has 0 aliphatic carbocycles. The lowest BCUT2D eigenvalue weighted by molar-refractivity contribution is 0.331. The van der Waals surface area contributed by atoms with Gasteiger partial charge < -0.3 is 5.32 Å². The van der Waals surface area contributed by atoms with E-state index in [0.29, 0.717) is 0 Å². The first kappa shape index (κ1) is 14.3. The normalized spacial score (nSPS) is 15.4. The predicted octanol–water partition coefficient (Wildman–Crippen LogP) is 3.57. The summed E-state index contributed by atoms with van der Waals surface area (Å²) in [6.07, 6.45) is 2.73. The third kappa shape index (κ3) is 4.42. The quantitative estimate of drug-likeness (QED) is 0.870. The van der Waals surface area contributed by atoms with Gasteiger partial charge in [0.1, 0.15) is 0 Å². The van der Waals surface area contributed by atoms with Gasteiger partial charge in [0.2, 0.25) is 0 Å². The number of hydrogen-bond acceptors (Lipinski definition) is 2. The first-order valence-electron chi connectivity index (χ1n) is 7.95. The fourth-order valence-corrected chi connectivity index (χ4v) is 2.91. The van der Waals surface area contributed by atoms with E-state index in [4.69, 9.17) is 0 Å². The first-order chi connectivity index (χ1) is 10.4. The predicted molar refractivity (Wildman–Crippen MR) is 87.9 cm³/mol. The van der Waals surface area contributed by atoms with E-state index in [9.17, 15) is 0 Å². The highest BCUT2D eigenvalue weighted by atomic mass is 15.1. The van der Waals surface area contributed by atoms with Crippen LogP contribution in [0.2, 0.25) is 0 Å². The van der Waals surface area contributed by atoms with Crippen molar-refractivity contribution in [3.63, 3.8) is 0 Å². The molecule has 21 heavy (non-hydrogen) atoms. The van der Waals surface area contributed by atoms with Gasteiger partial charge in [-0.05, 0) is 42.6 Å². The highest BCUT2D eigenvalue weighted by molar-refractivity contribution is 5.23. The Hall–Kier alpha value is -1.64. The Labute approximate surface area is 127 Å². The molecule has 0 aromatic heterocycles. The lowest BCUT2D eigenvalue weighted by atomic mass is 10.1. The van der Waals surface area contributed by atoms with Crippen LogP contribution in [0.4, 0.5) is 0 Å². The molecule has 1 aliphatic rings. The molecule has 0 amide bonds. The Morgan fingerprint density at radius 3 is 1.95 bits per heavy atom. The molecular formula is C19H24N2. The topological polar surface area (TPSA) is 15.3 Å². The maximum atomic E-state index is 3.50. The molecule has 1 aliphatic heterocycles. The third-order valence-corrected chi connectivity index (χ3v) is 4.13. The molecule has 2 aromatic rings. The van der Waals surface area contributed by atoms with Crippen molar-refractivity contribution in [3.05, 3.63) is 71.3 Å². The van der Waals surface area contributed by atoms with Crippen LogP contribution >= 0.6 is 0 Å². The Kier molecular flexibility index (Phi) is 5.03. The van der Waals surface area contributed by atoms with Gasteiger partial charge in [0.05, 0.1) is 0 Å². The molecule has 110 valence electrons. The van der Waals surface area contributed by atoms with Crippen LogP contribution in [0.5, 0.6) is 0 Å². The summed E-state index contributed by atoms with van der Waals surface area (Å²) in [4.78, 5) is 2.54. The van der Waals surface area contributed by atoms with Gasteiger partial charge >= 0.3 is 0 Å². The van der Waals surface area contributed by atoms with Crippen LogP contribution in [0.25, 0.3) is 0 Å². The van der Waals surface area contributed by atoms with Crippen molar-refractivity contribution in [2.45, 2.75) is 32.5 Å². The average Bonchev–Trinajstić information content (AvgIpc) is 3.03. The summed E-state index contributed by atoms with van der Waals surface area (Å²) in [5, 5.41) is 3.50. The lowest BCUT2D eigenvalue weighted by Crippen LogP contribution is -2.18. The first-order valence-corrected chi connectivity index (χ1v) is 7.95. The Balaban J connectivity index is 1.45. The van der Waals surface area contributed by atoms with Gasteiger partial charge in [-0.25, -0.2) is 0 Å². The standard InChI is InChI=1S/C19H24N2/c1-2-6-17(7-3-1)14-20-15-18-8-10-19(11-9-18)16-21-12-4-5-13-21/h1-3,6-11,20H,4-5,12-16H2. The minimum absolute atomic E-state index is 0.927. The SMILES string of the molecule is c1ccc(CNCc2ccc(CN3CCCC3)cc2)cc1. The van der Waals surface area contributed by atoms with Crippen molar-refractivity contribution in [3.8, 4) is 0 Å². The van der Waals surface area contributed by atoms with Crippen molar-refractivity contribution in [2.24, 2.45) is 0 Å². The second-order valence-electron chi connectivity index (χ2n) is 5.89. The molecule has 2 heteroatoms. The van der Waals surface area contributed by atoms with Gasteiger partial charge in [-0.15, -0.1) is 0 Å². The maximum Gasteiger partial charge on any atom is 0.0233 e. The molecule has 0 unspecified atom stereocenters. The number of likely N-dealkylation sites (tertiary alicyclic amines) is 1. The Morgan fingerprint density at radius 1 is 0.714 bits per heavy atom. The molecule has 3 rings (SSSR count). The lowest BCUT2D eigenvalue weighted by Gasteiger charge is -2.14. The molecule has 0 atom stereocenters. The van der Waals surface area contributed by atoms with E-state index in [2.05, 4.69) is 64.8 Å². The monoisotopic (exact) mass is 280 g/mol. The van der Waals surface area contributed by atoms with E-state index >= 15 is 0 Å². The number of hydrogen-bond donors (Lipinski definition) is 1. The van der Waals surface area contributed by atoms with Crippen LogP contribution in [0.15, 0.2) is 54.6 Å². The van der Waals surface area contributed by atoms with Crippen molar-refractivity contribution >= 4 is 0 Å². The zero-order valence-electron chi connectivity index (χ0n) is 12.6. The van der Waals surface area contributed by atoms with Crippen LogP contribution in [-0.2, 0) is 19.6 Å². The van der Waals surface area contributed by atoms with Crippen molar-refractivity contribution < 1.29 is 0 Å². The molecule has 0 saturated carbocycles. The van der Waals surface area contributed by atoms with Crippen LogP contribution in [-0.4, -0.2) is 18.0 Å². The molecule has 1 N–H and O–H groups in total. The second-order valence-corrected chi connectivity index (χ2v) is 5.89. The molecule has 2 aromatic carbocycles. The van der Waals surface area contributed by atoms with E-state index in [0.717, 1.165) is 19.6 Å². The fraction of sp³-hybridized carbons (Fsp3) is 0.368. The zero-order valence-corrected chi connectivity index (χ0v) is 12.6. The maximum absolute atomic E-state index is 3.50. The van der Waals surface area contributed by atoms with Crippen LogP contribution in [0.3, 0.4) is 0 Å². The van der Waals surface area contributed by atoms with E-state index in [1.807, 2.05) is 0 Å². The molecule has 2 nitrogen and oxygen atoms in total. The molecule has 1 saturated heterocycles. The second kappa shape index (κ2) is 7.39. The third-order valence-electron chi connectivity index (χ3n) is 4.13. The largest absolute Gasteiger partial charge is 0.309 e. The van der Waals surface area contributed by atoms with Gasteiger partial charge in [-0.3, -0.25) is 4.90 Å². The Morgan fingerprint density at radius 2 is 1.29 bits per heavy atom.